The van der Waals surface area contributed by atoms with E-state index in [1.165, 1.54) is 6.92 Å². The van der Waals surface area contributed by atoms with Crippen LogP contribution in [0.4, 0.5) is 0 Å². The van der Waals surface area contributed by atoms with Gasteiger partial charge in [-0.1, -0.05) is 30.7 Å². The second-order valence-corrected chi connectivity index (χ2v) is 7.95. The minimum Gasteiger partial charge on any atom is -0.465 e. The van der Waals surface area contributed by atoms with Crippen molar-refractivity contribution in [2.75, 3.05) is 12.4 Å². The minimum absolute atomic E-state index is 0.0918. The Bertz CT molecular complexity index is 723. The molecule has 2 rings (SSSR count). The molecule has 0 heterocycles. The van der Waals surface area contributed by atoms with Gasteiger partial charge >= 0.3 is 5.97 Å². The highest BCUT2D eigenvalue weighted by molar-refractivity contribution is 7.92. The third kappa shape index (κ3) is 2.49. The van der Waals surface area contributed by atoms with Gasteiger partial charge in [0.05, 0.1) is 12.7 Å². The van der Waals surface area contributed by atoms with Crippen LogP contribution in [0.5, 0.6) is 0 Å². The summed E-state index contributed by atoms with van der Waals surface area (Å²) in [4.78, 5) is 12.2. The predicted molar refractivity (Wildman–Crippen MR) is 82.1 cm³/mol. The van der Waals surface area contributed by atoms with E-state index >= 15 is 0 Å². The van der Waals surface area contributed by atoms with Crippen LogP contribution in [0.25, 0.3) is 0 Å². The molecule has 0 radical (unpaired) electrons. The number of carbonyl (C=O) groups excluding carboxylic acids is 1. The normalized spacial score (nSPS) is 27.0. The van der Waals surface area contributed by atoms with Crippen LogP contribution in [0.15, 0.2) is 24.3 Å². The highest BCUT2D eigenvalue weighted by atomic mass is 35.5. The van der Waals surface area contributed by atoms with Crippen molar-refractivity contribution in [1.29, 1.82) is 5.26 Å². The monoisotopic (exact) mass is 341 g/mol. The quantitative estimate of drug-likeness (QED) is 0.767. The molecule has 7 heteroatoms. The Hall–Kier alpha value is -1.58. The van der Waals surface area contributed by atoms with E-state index in [1.54, 1.807) is 31.2 Å². The van der Waals surface area contributed by atoms with Crippen molar-refractivity contribution in [3.8, 4) is 6.07 Å². The highest BCUT2D eigenvalue weighted by Crippen LogP contribution is 2.63. The van der Waals surface area contributed by atoms with Crippen LogP contribution in [0.1, 0.15) is 25.3 Å². The van der Waals surface area contributed by atoms with E-state index in [2.05, 4.69) is 0 Å². The van der Waals surface area contributed by atoms with Crippen LogP contribution in [0.3, 0.4) is 0 Å². The molecule has 5 nitrogen and oxygen atoms in total. The molecule has 0 spiro atoms. The fraction of sp³-hybridized carbons (Fsp3) is 0.467. The highest BCUT2D eigenvalue weighted by Gasteiger charge is 2.77. The lowest BCUT2D eigenvalue weighted by atomic mass is 10.0. The molecule has 0 amide bonds. The van der Waals surface area contributed by atoms with Crippen LogP contribution in [-0.2, 0) is 19.4 Å². The van der Waals surface area contributed by atoms with Gasteiger partial charge in [0, 0.05) is 16.7 Å². The Morgan fingerprint density at radius 2 is 1.95 bits per heavy atom. The Kier molecular flexibility index (Phi) is 4.50. The van der Waals surface area contributed by atoms with Crippen molar-refractivity contribution < 1.29 is 17.9 Å². The number of benzene rings is 1. The maximum absolute atomic E-state index is 12.3. The third-order valence-electron chi connectivity index (χ3n) is 3.95. The van der Waals surface area contributed by atoms with E-state index in [4.69, 9.17) is 16.3 Å². The first-order chi connectivity index (χ1) is 10.3. The van der Waals surface area contributed by atoms with Crippen molar-refractivity contribution in [3.05, 3.63) is 34.9 Å². The average molecular weight is 342 g/mol. The Morgan fingerprint density at radius 3 is 2.41 bits per heavy atom. The zero-order chi connectivity index (χ0) is 16.5. The molecule has 1 aromatic carbocycles. The molecule has 0 aliphatic heterocycles. The molecule has 118 valence electrons. The van der Waals surface area contributed by atoms with E-state index in [9.17, 15) is 18.5 Å². The number of ether oxygens (including phenoxy) is 1. The van der Waals surface area contributed by atoms with Crippen molar-refractivity contribution in [2.24, 2.45) is 5.41 Å². The van der Waals surface area contributed by atoms with Crippen LogP contribution in [-0.4, -0.2) is 32.0 Å². The first-order valence-corrected chi connectivity index (χ1v) is 9.00. The molecular formula is C15H16ClNO4S. The van der Waals surface area contributed by atoms with Gasteiger partial charge in [0.2, 0.25) is 0 Å². The molecule has 1 fully saturated rings. The lowest BCUT2D eigenvalue weighted by Crippen LogP contribution is -2.26. The van der Waals surface area contributed by atoms with Gasteiger partial charge in [-0.3, -0.25) is 4.79 Å². The van der Waals surface area contributed by atoms with Crippen LogP contribution < -0.4 is 0 Å². The number of nitriles is 1. The van der Waals surface area contributed by atoms with Crippen LogP contribution in [0, 0.1) is 16.7 Å². The topological polar surface area (TPSA) is 84.2 Å². The summed E-state index contributed by atoms with van der Waals surface area (Å²) >= 11 is 5.83. The van der Waals surface area contributed by atoms with E-state index in [-0.39, 0.29) is 12.4 Å². The number of sulfone groups is 1. The fourth-order valence-electron chi connectivity index (χ4n) is 2.81. The summed E-state index contributed by atoms with van der Waals surface area (Å²) in [6.07, 6.45) is 0. The molecule has 22 heavy (non-hydrogen) atoms. The molecule has 0 bridgehead atoms. The molecule has 1 aliphatic rings. The first-order valence-electron chi connectivity index (χ1n) is 6.90. The molecule has 0 saturated heterocycles. The van der Waals surface area contributed by atoms with Crippen LogP contribution >= 0.6 is 11.6 Å². The van der Waals surface area contributed by atoms with E-state index in [0.717, 1.165) is 0 Å². The predicted octanol–water partition coefficient (Wildman–Crippen LogP) is 2.31. The van der Waals surface area contributed by atoms with Crippen molar-refractivity contribution in [3.63, 3.8) is 0 Å². The SMILES string of the molecule is CCOC(=O)[C@]1(C#N)[C@@H](c2ccc(Cl)cc2)[C@@H]1S(=O)(=O)CC. The van der Waals surface area contributed by atoms with E-state index in [1.807, 2.05) is 6.07 Å². The van der Waals surface area contributed by atoms with Crippen LogP contribution in [0.2, 0.25) is 5.02 Å². The Labute approximate surface area is 134 Å². The molecular weight excluding hydrogens is 326 g/mol. The number of rotatable bonds is 5. The summed E-state index contributed by atoms with van der Waals surface area (Å²) in [5.74, 6) is -1.64. The molecule has 0 aromatic heterocycles. The second kappa shape index (κ2) is 5.90. The standard InChI is InChI=1S/C15H16ClNO4S/c1-3-21-14(18)15(9-17)12(13(15)22(19,20)4-2)10-5-7-11(16)8-6-10/h5-8,12-13H,3-4H2,1-2H3/t12-,13-,15+/m0/s1. The molecule has 1 saturated carbocycles. The van der Waals surface area contributed by atoms with E-state index in [0.29, 0.717) is 10.6 Å². The van der Waals surface area contributed by atoms with Gasteiger partial charge in [0.15, 0.2) is 15.3 Å². The van der Waals surface area contributed by atoms with Crippen molar-refractivity contribution in [1.82, 2.24) is 0 Å². The molecule has 0 N–H and O–H groups in total. The molecule has 3 atom stereocenters. The summed E-state index contributed by atoms with van der Waals surface area (Å²) in [7, 11) is -3.57. The van der Waals surface area contributed by atoms with Crippen molar-refractivity contribution >= 4 is 27.4 Å². The lowest BCUT2D eigenvalue weighted by Gasteiger charge is -2.08. The smallest absolute Gasteiger partial charge is 0.328 e. The summed E-state index contributed by atoms with van der Waals surface area (Å²) in [6.45, 7) is 3.21. The maximum atomic E-state index is 12.3. The number of nitrogens with zero attached hydrogens (tertiary/aromatic N) is 1. The molecule has 1 aliphatic carbocycles. The molecule has 0 unspecified atom stereocenters. The minimum atomic E-state index is -3.57. The Balaban J connectivity index is 2.52. The largest absolute Gasteiger partial charge is 0.465 e. The first kappa shape index (κ1) is 16.8. The fourth-order valence-corrected chi connectivity index (χ4v) is 4.86. The summed E-state index contributed by atoms with van der Waals surface area (Å²) in [5, 5.41) is 8.95. The Morgan fingerprint density at radius 1 is 1.36 bits per heavy atom. The van der Waals surface area contributed by atoms with Gasteiger partial charge in [0.25, 0.3) is 0 Å². The number of carbonyl (C=O) groups is 1. The number of esters is 1. The summed E-state index contributed by atoms with van der Waals surface area (Å²) in [5.41, 5.74) is -1.07. The van der Waals surface area contributed by atoms with Gasteiger partial charge in [-0.2, -0.15) is 5.26 Å². The number of hydrogen-bond donors (Lipinski definition) is 0. The average Bonchev–Trinajstić information content (AvgIpc) is 3.20. The van der Waals surface area contributed by atoms with Gasteiger partial charge < -0.3 is 4.74 Å². The summed E-state index contributed by atoms with van der Waals surface area (Å²) < 4.78 is 29.6. The van der Waals surface area contributed by atoms with Gasteiger partial charge in [-0.05, 0) is 24.6 Å². The second-order valence-electron chi connectivity index (χ2n) is 5.10. The zero-order valence-corrected chi connectivity index (χ0v) is 13.8. The van der Waals surface area contributed by atoms with E-state index < -0.39 is 32.4 Å². The van der Waals surface area contributed by atoms with Gasteiger partial charge in [0.1, 0.15) is 5.25 Å². The zero-order valence-electron chi connectivity index (χ0n) is 12.2. The third-order valence-corrected chi connectivity index (χ3v) is 6.42. The number of halogens is 1. The summed E-state index contributed by atoms with van der Waals surface area (Å²) in [6, 6.07) is 8.41. The van der Waals surface area contributed by atoms with Gasteiger partial charge in [-0.15, -0.1) is 0 Å². The molecule has 1 aromatic rings. The lowest BCUT2D eigenvalue weighted by molar-refractivity contribution is -0.147. The van der Waals surface area contributed by atoms with Crippen molar-refractivity contribution in [2.45, 2.75) is 25.0 Å². The number of hydrogen-bond acceptors (Lipinski definition) is 5. The van der Waals surface area contributed by atoms with Gasteiger partial charge in [-0.25, -0.2) is 8.42 Å². The maximum Gasteiger partial charge on any atom is 0.328 e.